The minimum Gasteiger partial charge on any atom is -0.314 e. The average molecular weight is 709 g/mol. The van der Waals surface area contributed by atoms with Crippen molar-refractivity contribution in [3.05, 3.63) is 81.8 Å². The maximum Gasteiger partial charge on any atom is 0.248 e. The number of nitrogens with one attached hydrogen (secondary N) is 4. The first kappa shape index (κ1) is 36.0. The molecule has 15 heteroatoms. The summed E-state index contributed by atoms with van der Waals surface area (Å²) in [5.74, 6) is 1.59. The quantitative estimate of drug-likeness (QED) is 0.143. The van der Waals surface area contributed by atoms with Gasteiger partial charge in [0.15, 0.2) is 0 Å². The maximum absolute atomic E-state index is 13.4. The fraction of sp³-hybridized carbons (Fsp3) is 0.455. The number of hydrogen-bond donors (Lipinski definition) is 4. The Balaban J connectivity index is 0.00000451. The predicted molar refractivity (Wildman–Crippen MR) is 196 cm³/mol. The third-order valence-electron chi connectivity index (χ3n) is 8.08. The van der Waals surface area contributed by atoms with Crippen molar-refractivity contribution < 1.29 is 9.59 Å². The number of benzene rings is 2. The Hall–Kier alpha value is -3.31. The molecule has 12 nitrogen and oxygen atoms in total. The smallest absolute Gasteiger partial charge is 0.248 e. The van der Waals surface area contributed by atoms with Gasteiger partial charge in [-0.15, -0.1) is 20.4 Å². The molecule has 2 aliphatic rings. The van der Waals surface area contributed by atoms with Gasteiger partial charge >= 0.3 is 0 Å². The van der Waals surface area contributed by atoms with Crippen LogP contribution < -0.4 is 21.3 Å². The van der Waals surface area contributed by atoms with E-state index in [1.165, 1.54) is 22.7 Å². The fourth-order valence-electron chi connectivity index (χ4n) is 5.79. The number of rotatable bonds is 14. The van der Waals surface area contributed by atoms with E-state index in [-0.39, 0.29) is 31.3 Å². The van der Waals surface area contributed by atoms with Crippen LogP contribution in [-0.2, 0) is 22.4 Å². The Morgan fingerprint density at radius 2 is 1.06 bits per heavy atom. The molecule has 2 unspecified atom stereocenters. The molecule has 4 heterocycles. The van der Waals surface area contributed by atoms with Gasteiger partial charge in [-0.2, -0.15) is 11.8 Å². The zero-order chi connectivity index (χ0) is 32.3. The summed E-state index contributed by atoms with van der Waals surface area (Å²) in [6, 6.07) is 19.1. The molecule has 256 valence electrons. The van der Waals surface area contributed by atoms with Crippen molar-refractivity contribution in [3.63, 3.8) is 0 Å². The van der Waals surface area contributed by atoms with Crippen molar-refractivity contribution in [3.8, 4) is 0 Å². The Labute approximate surface area is 294 Å². The third-order valence-corrected chi connectivity index (χ3v) is 10.9. The zero-order valence-corrected chi connectivity index (χ0v) is 28.6. The van der Waals surface area contributed by atoms with Crippen LogP contribution in [0.3, 0.4) is 0 Å². The molecule has 2 atom stereocenters. The molecule has 2 aromatic carbocycles. The van der Waals surface area contributed by atoms with E-state index in [0.29, 0.717) is 10.3 Å². The first-order chi connectivity index (χ1) is 23.1. The highest BCUT2D eigenvalue weighted by Gasteiger charge is 2.30. The monoisotopic (exact) mass is 708 g/mol. The van der Waals surface area contributed by atoms with E-state index in [9.17, 15) is 9.59 Å². The zero-order valence-electron chi connectivity index (χ0n) is 26.1. The van der Waals surface area contributed by atoms with Gasteiger partial charge in [-0.25, -0.2) is 0 Å². The molecule has 6 rings (SSSR count). The summed E-state index contributed by atoms with van der Waals surface area (Å²) in [7, 11) is 0. The van der Waals surface area contributed by atoms with Crippen LogP contribution in [0.4, 0.5) is 10.3 Å². The van der Waals surface area contributed by atoms with Crippen LogP contribution in [0.15, 0.2) is 60.7 Å². The number of piperazine rings is 2. The largest absolute Gasteiger partial charge is 0.314 e. The van der Waals surface area contributed by atoms with Gasteiger partial charge in [0.25, 0.3) is 0 Å². The maximum atomic E-state index is 13.4. The van der Waals surface area contributed by atoms with Crippen molar-refractivity contribution in [2.45, 2.75) is 32.4 Å². The van der Waals surface area contributed by atoms with Crippen molar-refractivity contribution in [2.24, 2.45) is 0 Å². The lowest BCUT2D eigenvalue weighted by molar-refractivity contribution is -0.122. The van der Waals surface area contributed by atoms with E-state index in [1.807, 2.05) is 72.4 Å². The predicted octanol–water partition coefficient (Wildman–Crippen LogP) is 3.71. The van der Waals surface area contributed by atoms with Crippen molar-refractivity contribution in [1.82, 2.24) is 40.8 Å². The van der Waals surface area contributed by atoms with Gasteiger partial charge in [-0.05, 0) is 22.6 Å². The SMILES string of the molecule is C.O=C(Nc1nnc(CCSCCc2nnc(NC(=O)C(c3ccccc3)N3CCNCC3)s2)s1)C(c1ccccc1)N1CCNCC1. The second kappa shape index (κ2) is 18.5. The van der Waals surface area contributed by atoms with Crippen LogP contribution in [0.2, 0.25) is 0 Å². The normalized spacial score (nSPS) is 16.8. The van der Waals surface area contributed by atoms with Gasteiger partial charge in [0.05, 0.1) is 0 Å². The summed E-state index contributed by atoms with van der Waals surface area (Å²) in [6.45, 7) is 6.68. The van der Waals surface area contributed by atoms with E-state index in [0.717, 1.165) is 97.8 Å². The second-order valence-corrected chi connectivity index (χ2v) is 14.6. The molecule has 4 N–H and O–H groups in total. The number of amides is 2. The van der Waals surface area contributed by atoms with E-state index in [4.69, 9.17) is 0 Å². The molecule has 2 amide bonds. The van der Waals surface area contributed by atoms with Crippen LogP contribution in [0.1, 0.15) is 40.7 Å². The number of aryl methyl sites for hydroxylation is 2. The highest BCUT2D eigenvalue weighted by molar-refractivity contribution is 7.99. The van der Waals surface area contributed by atoms with Crippen LogP contribution in [0.25, 0.3) is 0 Å². The Morgan fingerprint density at radius 1 is 0.667 bits per heavy atom. The average Bonchev–Trinajstić information content (AvgIpc) is 3.75. The molecule has 48 heavy (non-hydrogen) atoms. The molecule has 0 spiro atoms. The standard InChI is InChI=1S/C32H40N10O2S3.CH4/c43-29(27(23-7-3-1-4-8-23)41-17-13-33-14-18-41)35-31-39-37-25(46-31)11-21-45-22-12-26-38-40-32(47-26)36-30(44)28(24-9-5-2-6-10-24)42-19-15-34-16-20-42;/h1-10,27-28,33-34H,11-22H2,(H,35,39,43)(H,36,40,44);1H4. The molecule has 0 bridgehead atoms. The topological polar surface area (TPSA) is 140 Å². The lowest BCUT2D eigenvalue weighted by atomic mass is 10.0. The van der Waals surface area contributed by atoms with Crippen molar-refractivity contribution >= 4 is 56.5 Å². The molecule has 0 aliphatic carbocycles. The van der Waals surface area contributed by atoms with Crippen LogP contribution in [-0.4, -0.2) is 106 Å². The minimum atomic E-state index is -0.368. The number of thioether (sulfide) groups is 1. The molecule has 0 radical (unpaired) electrons. The molecular weight excluding hydrogens is 665 g/mol. The highest BCUT2D eigenvalue weighted by atomic mass is 32.2. The van der Waals surface area contributed by atoms with Crippen LogP contribution in [0, 0.1) is 0 Å². The lowest BCUT2D eigenvalue weighted by Gasteiger charge is -2.34. The summed E-state index contributed by atoms with van der Waals surface area (Å²) < 4.78 is 0. The van der Waals surface area contributed by atoms with E-state index in [1.54, 1.807) is 0 Å². The van der Waals surface area contributed by atoms with Gasteiger partial charge in [0.2, 0.25) is 22.1 Å². The number of aromatic nitrogens is 4. The first-order valence-electron chi connectivity index (χ1n) is 16.0. The molecule has 2 fully saturated rings. The molecular formula is C33H44N10O2S3. The Bertz CT molecular complexity index is 1440. The molecule has 2 aliphatic heterocycles. The van der Waals surface area contributed by atoms with E-state index in [2.05, 4.69) is 51.5 Å². The Morgan fingerprint density at radius 3 is 1.46 bits per heavy atom. The van der Waals surface area contributed by atoms with Crippen LogP contribution >= 0.6 is 34.4 Å². The fourth-order valence-corrected chi connectivity index (χ4v) is 8.41. The molecule has 2 saturated heterocycles. The molecule has 0 saturated carbocycles. The van der Waals surface area contributed by atoms with E-state index >= 15 is 0 Å². The first-order valence-corrected chi connectivity index (χ1v) is 18.8. The number of carbonyl (C=O) groups excluding carboxylic acids is 2. The number of anilines is 2. The van der Waals surface area contributed by atoms with Gasteiger partial charge in [0, 0.05) is 65.2 Å². The summed E-state index contributed by atoms with van der Waals surface area (Å²) >= 11 is 4.67. The van der Waals surface area contributed by atoms with Gasteiger partial charge in [-0.3, -0.25) is 30.0 Å². The lowest BCUT2D eigenvalue weighted by Crippen LogP contribution is -2.48. The Kier molecular flexibility index (Phi) is 13.8. The third kappa shape index (κ3) is 9.87. The highest BCUT2D eigenvalue weighted by Crippen LogP contribution is 2.27. The second-order valence-electron chi connectivity index (χ2n) is 11.3. The minimum absolute atomic E-state index is 0. The number of nitrogens with zero attached hydrogens (tertiary/aromatic N) is 6. The molecule has 2 aromatic heterocycles. The number of carbonyl (C=O) groups is 2. The van der Waals surface area contributed by atoms with Gasteiger partial charge in [-0.1, -0.05) is 90.8 Å². The van der Waals surface area contributed by atoms with Crippen molar-refractivity contribution in [2.75, 3.05) is 74.5 Å². The van der Waals surface area contributed by atoms with Gasteiger partial charge in [0.1, 0.15) is 22.1 Å². The summed E-state index contributed by atoms with van der Waals surface area (Å²) in [5, 5.41) is 32.7. The summed E-state index contributed by atoms with van der Waals surface area (Å²) in [5.41, 5.74) is 1.95. The molecule has 4 aromatic rings. The summed E-state index contributed by atoms with van der Waals surface area (Å²) in [6.07, 6.45) is 1.53. The van der Waals surface area contributed by atoms with E-state index < -0.39 is 0 Å². The van der Waals surface area contributed by atoms with Crippen LogP contribution in [0.5, 0.6) is 0 Å². The van der Waals surface area contributed by atoms with Gasteiger partial charge < -0.3 is 10.6 Å². The summed E-state index contributed by atoms with van der Waals surface area (Å²) in [4.78, 5) is 31.2. The van der Waals surface area contributed by atoms with Crippen molar-refractivity contribution in [1.29, 1.82) is 0 Å². The number of hydrogen-bond acceptors (Lipinski definition) is 13.